The number of carbonyl (C=O) groups excluding carboxylic acids is 3. The number of aliphatic hydroxyl groups excluding tert-OH is 1. The summed E-state index contributed by atoms with van der Waals surface area (Å²) in [5, 5.41) is 12.6. The van der Waals surface area contributed by atoms with Crippen molar-refractivity contribution in [3.05, 3.63) is 120 Å². The molecule has 1 aliphatic rings. The molecule has 0 spiro atoms. The summed E-state index contributed by atoms with van der Waals surface area (Å²) < 4.78 is 59.5. The highest BCUT2D eigenvalue weighted by Crippen LogP contribution is 2.40. The molecule has 6 rings (SSSR count). The van der Waals surface area contributed by atoms with Crippen LogP contribution < -0.4 is 5.32 Å². The van der Waals surface area contributed by atoms with Gasteiger partial charge in [-0.1, -0.05) is 42.5 Å². The van der Waals surface area contributed by atoms with Crippen LogP contribution >= 0.6 is 0 Å². The number of hydrogen-bond acceptors (Lipinski definition) is 10. The molecule has 12 nitrogen and oxygen atoms in total. The highest BCUT2D eigenvalue weighted by molar-refractivity contribution is 6.06. The van der Waals surface area contributed by atoms with E-state index in [2.05, 4.69) is 20.3 Å². The molecule has 2 N–H and O–H groups in total. The standard InChI is InChI=1S/C34H28F3N5O7/c35-34(36,37)23-13-7-12-22(16-23)33(46)49-27-24(17-47-32(45)21-10-5-2-6-11-21)25(14-15-43)48-31(27)42-19-40-26-28(38-18-39-29(26)42)41-30(44)20-8-3-1-4-9-20/h1-13,16,18-19,24-25,27,31,43H,14-15,17H2,(H,38,39,41,44)/t24-,25-,27-,31-/m1/s1. The van der Waals surface area contributed by atoms with Gasteiger partial charge in [0.15, 0.2) is 29.3 Å². The SMILES string of the molecule is O=C(Nc1ncnc2c1ncn2[C@@H]1O[C@H](CCO)[C@@H](COC(=O)c2ccccc2)[C@H]1OC(=O)c1cccc(C(F)(F)F)c1)c1ccccc1. The molecule has 0 radical (unpaired) electrons. The maximum absolute atomic E-state index is 13.5. The van der Waals surface area contributed by atoms with E-state index in [4.69, 9.17) is 14.2 Å². The van der Waals surface area contributed by atoms with E-state index in [1.54, 1.807) is 60.7 Å². The topological polar surface area (TPSA) is 155 Å². The van der Waals surface area contributed by atoms with Crippen LogP contribution in [-0.4, -0.2) is 67.9 Å². The van der Waals surface area contributed by atoms with Crippen LogP contribution in [0.5, 0.6) is 0 Å². The van der Waals surface area contributed by atoms with Gasteiger partial charge in [-0.05, 0) is 48.9 Å². The van der Waals surface area contributed by atoms with Crippen molar-refractivity contribution in [1.29, 1.82) is 0 Å². The summed E-state index contributed by atoms with van der Waals surface area (Å²) in [4.78, 5) is 52.0. The Kier molecular flexibility index (Phi) is 9.64. The second-order valence-electron chi connectivity index (χ2n) is 11.0. The summed E-state index contributed by atoms with van der Waals surface area (Å²) in [5.74, 6) is -3.04. The van der Waals surface area contributed by atoms with Crippen LogP contribution in [0.25, 0.3) is 11.2 Å². The van der Waals surface area contributed by atoms with E-state index in [0.717, 1.165) is 12.1 Å². The van der Waals surface area contributed by atoms with Crippen LogP contribution in [-0.2, 0) is 20.4 Å². The maximum atomic E-state index is 13.5. The number of hydrogen-bond donors (Lipinski definition) is 2. The summed E-state index contributed by atoms with van der Waals surface area (Å²) in [5.41, 5.74) is -0.465. The molecule has 1 amide bonds. The number of alkyl halides is 3. The molecule has 49 heavy (non-hydrogen) atoms. The van der Waals surface area contributed by atoms with Crippen molar-refractivity contribution in [3.8, 4) is 0 Å². The minimum atomic E-state index is -4.71. The molecular weight excluding hydrogens is 647 g/mol. The van der Waals surface area contributed by atoms with Crippen molar-refractivity contribution in [1.82, 2.24) is 19.5 Å². The van der Waals surface area contributed by atoms with Gasteiger partial charge in [0.2, 0.25) is 0 Å². The Bertz CT molecular complexity index is 1960. The summed E-state index contributed by atoms with van der Waals surface area (Å²) >= 11 is 0. The monoisotopic (exact) mass is 675 g/mol. The number of amides is 1. The fourth-order valence-electron chi connectivity index (χ4n) is 5.50. The van der Waals surface area contributed by atoms with Gasteiger partial charge in [-0.15, -0.1) is 0 Å². The Hall–Kier alpha value is -5.67. The number of aromatic nitrogens is 4. The number of benzene rings is 3. The van der Waals surface area contributed by atoms with Gasteiger partial charge >= 0.3 is 18.1 Å². The Morgan fingerprint density at radius 3 is 2.27 bits per heavy atom. The van der Waals surface area contributed by atoms with Crippen LogP contribution in [0.3, 0.4) is 0 Å². The smallest absolute Gasteiger partial charge is 0.416 e. The molecule has 4 atom stereocenters. The lowest BCUT2D eigenvalue weighted by molar-refractivity contribution is -0.137. The molecule has 3 aromatic carbocycles. The molecule has 0 unspecified atom stereocenters. The van der Waals surface area contributed by atoms with Crippen molar-refractivity contribution in [3.63, 3.8) is 0 Å². The predicted molar refractivity (Wildman–Crippen MR) is 166 cm³/mol. The zero-order valence-electron chi connectivity index (χ0n) is 25.5. The minimum absolute atomic E-state index is 0.0294. The minimum Gasteiger partial charge on any atom is -0.462 e. The summed E-state index contributed by atoms with van der Waals surface area (Å²) in [6.07, 6.45) is -5.51. The first-order chi connectivity index (χ1) is 23.6. The Morgan fingerprint density at radius 1 is 0.878 bits per heavy atom. The average Bonchev–Trinajstić information content (AvgIpc) is 3.69. The van der Waals surface area contributed by atoms with E-state index >= 15 is 0 Å². The number of aliphatic hydroxyl groups is 1. The molecule has 0 bridgehead atoms. The predicted octanol–water partition coefficient (Wildman–Crippen LogP) is 5.08. The zero-order chi connectivity index (χ0) is 34.5. The van der Waals surface area contributed by atoms with Crippen LogP contribution in [0.15, 0.2) is 97.6 Å². The lowest BCUT2D eigenvalue weighted by Gasteiger charge is -2.25. The number of ether oxygens (including phenoxy) is 3. The summed E-state index contributed by atoms with van der Waals surface area (Å²) in [7, 11) is 0. The lowest BCUT2D eigenvalue weighted by atomic mass is 9.96. The number of carbonyl (C=O) groups is 3. The van der Waals surface area contributed by atoms with Crippen molar-refractivity contribution < 1.29 is 46.9 Å². The first-order valence-electron chi connectivity index (χ1n) is 15.0. The molecule has 1 aliphatic heterocycles. The average molecular weight is 676 g/mol. The fraction of sp³-hybridized carbons (Fsp3) is 0.235. The highest BCUT2D eigenvalue weighted by Gasteiger charge is 2.49. The molecule has 15 heteroatoms. The van der Waals surface area contributed by atoms with E-state index in [1.165, 1.54) is 23.3 Å². The number of esters is 2. The van der Waals surface area contributed by atoms with Crippen molar-refractivity contribution in [2.24, 2.45) is 5.92 Å². The Labute approximate surface area is 276 Å². The largest absolute Gasteiger partial charge is 0.462 e. The van der Waals surface area contributed by atoms with Crippen LogP contribution in [0.1, 0.15) is 49.3 Å². The van der Waals surface area contributed by atoms with E-state index in [1.807, 2.05) is 0 Å². The third kappa shape index (κ3) is 7.27. The van der Waals surface area contributed by atoms with Gasteiger partial charge in [0, 0.05) is 12.2 Å². The molecule has 5 aromatic rings. The molecule has 2 aromatic heterocycles. The van der Waals surface area contributed by atoms with Gasteiger partial charge in [-0.2, -0.15) is 13.2 Å². The molecule has 1 fully saturated rings. The first kappa shape index (κ1) is 33.2. The molecule has 0 saturated carbocycles. The second kappa shape index (κ2) is 14.2. The van der Waals surface area contributed by atoms with Crippen LogP contribution in [0.2, 0.25) is 0 Å². The number of imidazole rings is 1. The van der Waals surface area contributed by atoms with E-state index < -0.39 is 53.9 Å². The third-order valence-corrected chi connectivity index (χ3v) is 7.89. The van der Waals surface area contributed by atoms with E-state index in [9.17, 15) is 32.7 Å². The molecular formula is C34H28F3N5O7. The first-order valence-corrected chi connectivity index (χ1v) is 15.0. The zero-order valence-corrected chi connectivity index (χ0v) is 25.5. The second-order valence-corrected chi connectivity index (χ2v) is 11.0. The molecule has 252 valence electrons. The van der Waals surface area contributed by atoms with Crippen molar-refractivity contribution in [2.45, 2.75) is 31.0 Å². The van der Waals surface area contributed by atoms with Crippen LogP contribution in [0.4, 0.5) is 19.0 Å². The van der Waals surface area contributed by atoms with Gasteiger partial charge in [0.1, 0.15) is 12.9 Å². The lowest BCUT2D eigenvalue weighted by Crippen LogP contribution is -2.35. The van der Waals surface area contributed by atoms with E-state index in [0.29, 0.717) is 11.6 Å². The quantitative estimate of drug-likeness (QED) is 0.192. The fourth-order valence-corrected chi connectivity index (χ4v) is 5.50. The summed E-state index contributed by atoms with van der Waals surface area (Å²) in [6.45, 7) is -0.688. The molecule has 1 saturated heterocycles. The number of nitrogens with one attached hydrogen (secondary N) is 1. The van der Waals surface area contributed by atoms with Gasteiger partial charge in [0.05, 0.1) is 35.0 Å². The highest BCUT2D eigenvalue weighted by atomic mass is 19.4. The van der Waals surface area contributed by atoms with Gasteiger partial charge in [-0.3, -0.25) is 9.36 Å². The van der Waals surface area contributed by atoms with Gasteiger partial charge in [0.25, 0.3) is 5.91 Å². The number of fused-ring (bicyclic) bond motifs is 1. The normalized spacial score (nSPS) is 19.0. The number of rotatable bonds is 10. The molecule has 0 aliphatic carbocycles. The number of halogens is 3. The van der Waals surface area contributed by atoms with Crippen molar-refractivity contribution >= 4 is 34.8 Å². The summed E-state index contributed by atoms with van der Waals surface area (Å²) in [6, 6.07) is 20.3. The Morgan fingerprint density at radius 2 is 1.57 bits per heavy atom. The van der Waals surface area contributed by atoms with Crippen LogP contribution in [0, 0.1) is 5.92 Å². The maximum Gasteiger partial charge on any atom is 0.416 e. The number of anilines is 1. The molecule has 3 heterocycles. The van der Waals surface area contributed by atoms with Crippen molar-refractivity contribution in [2.75, 3.05) is 18.5 Å². The number of nitrogens with zero attached hydrogens (tertiary/aromatic N) is 4. The van der Waals surface area contributed by atoms with E-state index in [-0.39, 0.29) is 47.7 Å². The Balaban J connectivity index is 1.35. The third-order valence-electron chi connectivity index (χ3n) is 7.89. The van der Waals surface area contributed by atoms with Gasteiger partial charge < -0.3 is 24.6 Å². The van der Waals surface area contributed by atoms with Gasteiger partial charge in [-0.25, -0.2) is 24.5 Å².